The van der Waals surface area contributed by atoms with Gasteiger partial charge in [-0.25, -0.2) is 0 Å². The van der Waals surface area contributed by atoms with Crippen molar-refractivity contribution >= 4 is 17.7 Å². The Morgan fingerprint density at radius 3 is 1.96 bits per heavy atom. The quantitative estimate of drug-likeness (QED) is 0.756. The zero-order chi connectivity index (χ0) is 17.0. The molecule has 0 unspecified atom stereocenters. The zero-order valence-corrected chi connectivity index (χ0v) is 14.2. The van der Waals surface area contributed by atoms with Crippen LogP contribution in [0.3, 0.4) is 0 Å². The van der Waals surface area contributed by atoms with Crippen molar-refractivity contribution in [3.63, 3.8) is 0 Å². The monoisotopic (exact) mass is 324 g/mol. The van der Waals surface area contributed by atoms with Crippen LogP contribution in [0.25, 0.3) is 0 Å². The predicted octanol–water partition coefficient (Wildman–Crippen LogP) is -0.489. The summed E-state index contributed by atoms with van der Waals surface area (Å²) in [5, 5.41) is 0. The minimum absolute atomic E-state index is 0.0858. The summed E-state index contributed by atoms with van der Waals surface area (Å²) < 4.78 is 0. The molecule has 2 aliphatic heterocycles. The molecule has 7 nitrogen and oxygen atoms in total. The van der Waals surface area contributed by atoms with Gasteiger partial charge in [0.25, 0.3) is 0 Å². The van der Waals surface area contributed by atoms with Crippen LogP contribution in [0.2, 0.25) is 0 Å². The van der Waals surface area contributed by atoms with E-state index in [4.69, 9.17) is 5.73 Å². The van der Waals surface area contributed by atoms with Gasteiger partial charge in [-0.3, -0.25) is 19.3 Å². The third-order valence-corrected chi connectivity index (χ3v) is 4.99. The molecule has 0 aliphatic carbocycles. The molecule has 3 amide bonds. The fourth-order valence-corrected chi connectivity index (χ4v) is 3.41. The van der Waals surface area contributed by atoms with E-state index >= 15 is 0 Å². The van der Waals surface area contributed by atoms with E-state index in [0.717, 1.165) is 25.9 Å². The first-order chi connectivity index (χ1) is 10.9. The van der Waals surface area contributed by atoms with Crippen LogP contribution in [0.1, 0.15) is 25.7 Å². The van der Waals surface area contributed by atoms with Gasteiger partial charge < -0.3 is 15.5 Å². The van der Waals surface area contributed by atoms with Crippen LogP contribution in [-0.2, 0) is 14.4 Å². The molecule has 0 aromatic rings. The largest absolute Gasteiger partial charge is 0.369 e. The molecule has 0 atom stereocenters. The summed E-state index contributed by atoms with van der Waals surface area (Å²) in [5.74, 6) is 0.0361. The van der Waals surface area contributed by atoms with Crippen LogP contribution in [0.15, 0.2) is 0 Å². The summed E-state index contributed by atoms with van der Waals surface area (Å²) in [6, 6.07) is 0. The maximum absolute atomic E-state index is 12.4. The second-order valence-corrected chi connectivity index (χ2v) is 6.84. The van der Waals surface area contributed by atoms with Gasteiger partial charge in [0.2, 0.25) is 17.7 Å². The molecule has 0 radical (unpaired) electrons. The number of amides is 3. The van der Waals surface area contributed by atoms with Gasteiger partial charge in [-0.05, 0) is 38.8 Å². The number of rotatable bonds is 4. The first-order valence-corrected chi connectivity index (χ1v) is 8.39. The van der Waals surface area contributed by atoms with Crippen molar-refractivity contribution in [1.29, 1.82) is 0 Å². The molecule has 130 valence electrons. The van der Waals surface area contributed by atoms with Crippen LogP contribution in [0.4, 0.5) is 0 Å². The van der Waals surface area contributed by atoms with E-state index in [9.17, 15) is 14.4 Å². The van der Waals surface area contributed by atoms with E-state index in [0.29, 0.717) is 32.5 Å². The Hall–Kier alpha value is -1.63. The number of primary amides is 1. The molecule has 2 N–H and O–H groups in total. The van der Waals surface area contributed by atoms with Crippen LogP contribution < -0.4 is 5.73 Å². The standard InChI is InChI=1S/C16H28N4O3/c1-18(2)16(23)13-3-7-19(8-4-13)11-14(21)20-9-5-12(6-10-20)15(17)22/h12-13H,3-11H2,1-2H3,(H2,17,22). The Labute approximate surface area is 137 Å². The summed E-state index contributed by atoms with van der Waals surface area (Å²) in [5.41, 5.74) is 5.32. The lowest BCUT2D eigenvalue weighted by molar-refractivity contribution is -0.137. The average Bonchev–Trinajstić information content (AvgIpc) is 2.54. The minimum Gasteiger partial charge on any atom is -0.369 e. The van der Waals surface area contributed by atoms with Crippen molar-refractivity contribution in [2.24, 2.45) is 17.6 Å². The molecule has 2 fully saturated rings. The second kappa shape index (κ2) is 7.77. The van der Waals surface area contributed by atoms with Gasteiger partial charge in [0.1, 0.15) is 0 Å². The predicted molar refractivity (Wildman–Crippen MR) is 86.4 cm³/mol. The van der Waals surface area contributed by atoms with E-state index in [2.05, 4.69) is 4.90 Å². The lowest BCUT2D eigenvalue weighted by Gasteiger charge is -2.35. The highest BCUT2D eigenvalue weighted by atomic mass is 16.2. The molecule has 0 bridgehead atoms. The lowest BCUT2D eigenvalue weighted by Crippen LogP contribution is -2.48. The number of piperidine rings is 2. The number of hydrogen-bond donors (Lipinski definition) is 1. The molecule has 0 saturated carbocycles. The van der Waals surface area contributed by atoms with Crippen LogP contribution in [0.5, 0.6) is 0 Å². The van der Waals surface area contributed by atoms with Crippen LogP contribution in [-0.4, -0.2) is 79.2 Å². The van der Waals surface area contributed by atoms with Crippen LogP contribution in [0, 0.1) is 11.8 Å². The first kappa shape index (κ1) is 17.7. The first-order valence-electron chi connectivity index (χ1n) is 8.39. The molecule has 2 heterocycles. The van der Waals surface area contributed by atoms with Crippen LogP contribution >= 0.6 is 0 Å². The lowest BCUT2D eigenvalue weighted by atomic mass is 9.95. The molecular formula is C16H28N4O3. The molecule has 7 heteroatoms. The van der Waals surface area contributed by atoms with E-state index in [-0.39, 0.29) is 29.6 Å². The normalized spacial score (nSPS) is 21.2. The number of carbonyl (C=O) groups is 3. The summed E-state index contributed by atoms with van der Waals surface area (Å²) in [6.45, 7) is 3.20. The highest BCUT2D eigenvalue weighted by Gasteiger charge is 2.29. The van der Waals surface area contributed by atoms with Gasteiger partial charge in [0, 0.05) is 39.0 Å². The van der Waals surface area contributed by atoms with Crippen molar-refractivity contribution in [3.8, 4) is 0 Å². The summed E-state index contributed by atoms with van der Waals surface area (Å²) in [6.07, 6.45) is 2.96. The molecule has 0 aromatic carbocycles. The molecule has 0 spiro atoms. The second-order valence-electron chi connectivity index (χ2n) is 6.84. The number of hydrogen-bond acceptors (Lipinski definition) is 4. The molecule has 2 rings (SSSR count). The number of nitrogens with two attached hydrogens (primary N) is 1. The summed E-state index contributed by atoms with van der Waals surface area (Å²) >= 11 is 0. The molecule has 0 aromatic heterocycles. The average molecular weight is 324 g/mol. The van der Waals surface area contributed by atoms with Crippen molar-refractivity contribution < 1.29 is 14.4 Å². The Morgan fingerprint density at radius 2 is 1.48 bits per heavy atom. The minimum atomic E-state index is -0.260. The molecule has 2 aliphatic rings. The third-order valence-electron chi connectivity index (χ3n) is 4.99. The fraction of sp³-hybridized carbons (Fsp3) is 0.812. The van der Waals surface area contributed by atoms with Crippen molar-refractivity contribution in [3.05, 3.63) is 0 Å². The number of likely N-dealkylation sites (tertiary alicyclic amines) is 2. The van der Waals surface area contributed by atoms with Gasteiger partial charge in [-0.15, -0.1) is 0 Å². The fourth-order valence-electron chi connectivity index (χ4n) is 3.41. The SMILES string of the molecule is CN(C)C(=O)C1CCN(CC(=O)N2CCC(C(N)=O)CC2)CC1. The molecular weight excluding hydrogens is 296 g/mol. The van der Waals surface area contributed by atoms with Gasteiger partial charge in [-0.2, -0.15) is 0 Å². The number of carbonyl (C=O) groups excluding carboxylic acids is 3. The summed E-state index contributed by atoms with van der Waals surface area (Å²) in [7, 11) is 3.57. The Kier molecular flexibility index (Phi) is 5.98. The highest BCUT2D eigenvalue weighted by Crippen LogP contribution is 2.20. The van der Waals surface area contributed by atoms with Gasteiger partial charge in [-0.1, -0.05) is 0 Å². The maximum atomic E-state index is 12.4. The third kappa shape index (κ3) is 4.67. The van der Waals surface area contributed by atoms with Crippen molar-refractivity contribution in [2.45, 2.75) is 25.7 Å². The Morgan fingerprint density at radius 1 is 0.957 bits per heavy atom. The Bertz CT molecular complexity index is 450. The van der Waals surface area contributed by atoms with E-state index < -0.39 is 0 Å². The maximum Gasteiger partial charge on any atom is 0.236 e. The van der Waals surface area contributed by atoms with Gasteiger partial charge >= 0.3 is 0 Å². The number of nitrogens with zero attached hydrogens (tertiary/aromatic N) is 3. The van der Waals surface area contributed by atoms with E-state index in [1.54, 1.807) is 19.0 Å². The topological polar surface area (TPSA) is 87.0 Å². The van der Waals surface area contributed by atoms with Gasteiger partial charge in [0.15, 0.2) is 0 Å². The Balaban J connectivity index is 1.73. The molecule has 23 heavy (non-hydrogen) atoms. The van der Waals surface area contributed by atoms with Gasteiger partial charge in [0.05, 0.1) is 6.54 Å². The smallest absolute Gasteiger partial charge is 0.236 e. The zero-order valence-electron chi connectivity index (χ0n) is 14.2. The van der Waals surface area contributed by atoms with Crippen molar-refractivity contribution in [1.82, 2.24) is 14.7 Å². The summed E-state index contributed by atoms with van der Waals surface area (Å²) in [4.78, 5) is 41.1. The van der Waals surface area contributed by atoms with E-state index in [1.807, 2.05) is 4.90 Å². The van der Waals surface area contributed by atoms with Crippen molar-refractivity contribution in [2.75, 3.05) is 46.8 Å². The van der Waals surface area contributed by atoms with E-state index in [1.165, 1.54) is 0 Å². The molecule has 2 saturated heterocycles. The highest BCUT2D eigenvalue weighted by molar-refractivity contribution is 5.80.